The molecule has 17 heavy (non-hydrogen) atoms. The number of carbonyl (C=O) groups is 2. The molecule has 0 aliphatic carbocycles. The van der Waals surface area contributed by atoms with Gasteiger partial charge in [0, 0.05) is 0 Å². The number of hydrogen-bond donors (Lipinski definition) is 0. The van der Waals surface area contributed by atoms with Gasteiger partial charge in [-0.25, -0.2) is 9.59 Å². The summed E-state index contributed by atoms with van der Waals surface area (Å²) in [6, 6.07) is 3.75. The van der Waals surface area contributed by atoms with E-state index in [1.165, 1.54) is 18.2 Å². The lowest BCUT2D eigenvalue weighted by Crippen LogP contribution is -2.11. The van der Waals surface area contributed by atoms with Crippen LogP contribution in [0.4, 0.5) is 5.69 Å². The SMILES string of the molecule is COC(=O)c1cccc(C(=O)OC)c1[N+](=O)[O-]. The third-order valence-electron chi connectivity index (χ3n) is 2.03. The minimum atomic E-state index is -0.887. The maximum atomic E-state index is 11.3. The summed E-state index contributed by atoms with van der Waals surface area (Å²) in [5, 5.41) is 10.9. The third kappa shape index (κ3) is 2.39. The molecular formula is C10H9NO6. The Bertz CT molecular complexity index is 447. The van der Waals surface area contributed by atoms with E-state index in [1.807, 2.05) is 0 Å². The molecule has 0 saturated carbocycles. The van der Waals surface area contributed by atoms with Crippen molar-refractivity contribution in [2.45, 2.75) is 0 Å². The minimum absolute atomic E-state index is 0.291. The number of carbonyl (C=O) groups excluding carboxylic acids is 2. The lowest BCUT2D eigenvalue weighted by atomic mass is 10.1. The molecule has 0 unspecified atom stereocenters. The number of nitrogens with zero attached hydrogens (tertiary/aromatic N) is 1. The first-order valence-corrected chi connectivity index (χ1v) is 4.47. The van der Waals surface area contributed by atoms with Crippen LogP contribution in [-0.2, 0) is 9.47 Å². The maximum absolute atomic E-state index is 11.3. The van der Waals surface area contributed by atoms with Gasteiger partial charge in [0.05, 0.1) is 19.1 Å². The van der Waals surface area contributed by atoms with Crippen LogP contribution in [0.5, 0.6) is 0 Å². The molecule has 0 aromatic heterocycles. The molecule has 1 rings (SSSR count). The number of benzene rings is 1. The molecule has 0 spiro atoms. The van der Waals surface area contributed by atoms with Gasteiger partial charge in [0.25, 0.3) is 5.69 Å². The van der Waals surface area contributed by atoms with Gasteiger partial charge in [-0.05, 0) is 12.1 Å². The predicted octanol–water partition coefficient (Wildman–Crippen LogP) is 1.17. The number of nitro groups is 1. The van der Waals surface area contributed by atoms with E-state index in [9.17, 15) is 19.7 Å². The zero-order valence-corrected chi connectivity index (χ0v) is 9.13. The topological polar surface area (TPSA) is 95.7 Å². The molecule has 0 bridgehead atoms. The van der Waals surface area contributed by atoms with Crippen LogP contribution >= 0.6 is 0 Å². The summed E-state index contributed by atoms with van der Waals surface area (Å²) in [6.45, 7) is 0. The third-order valence-corrected chi connectivity index (χ3v) is 2.03. The van der Waals surface area contributed by atoms with Crippen molar-refractivity contribution in [1.82, 2.24) is 0 Å². The summed E-state index contributed by atoms with van der Waals surface area (Å²) in [4.78, 5) is 32.7. The Morgan fingerprint density at radius 1 is 1.12 bits per heavy atom. The fourth-order valence-corrected chi connectivity index (χ4v) is 1.29. The summed E-state index contributed by atoms with van der Waals surface area (Å²) < 4.78 is 8.80. The monoisotopic (exact) mass is 239 g/mol. The molecule has 0 atom stereocenters. The summed E-state index contributed by atoms with van der Waals surface area (Å²) in [5.74, 6) is -1.77. The van der Waals surface area contributed by atoms with Crippen molar-refractivity contribution >= 4 is 17.6 Å². The number of methoxy groups -OCH3 is 2. The Kier molecular flexibility index (Phi) is 3.76. The van der Waals surface area contributed by atoms with E-state index in [1.54, 1.807) is 0 Å². The van der Waals surface area contributed by atoms with E-state index in [-0.39, 0.29) is 11.1 Å². The first-order valence-electron chi connectivity index (χ1n) is 4.47. The summed E-state index contributed by atoms with van der Waals surface area (Å²) >= 11 is 0. The number of rotatable bonds is 3. The summed E-state index contributed by atoms with van der Waals surface area (Å²) in [7, 11) is 2.19. The molecular weight excluding hydrogens is 230 g/mol. The fourth-order valence-electron chi connectivity index (χ4n) is 1.29. The highest BCUT2D eigenvalue weighted by molar-refractivity contribution is 6.02. The van der Waals surface area contributed by atoms with Crippen LogP contribution in [0, 0.1) is 10.1 Å². The molecule has 0 N–H and O–H groups in total. The number of esters is 2. The Hall–Kier alpha value is -2.44. The molecule has 0 aliphatic heterocycles. The van der Waals surface area contributed by atoms with E-state index in [0.29, 0.717) is 0 Å². The molecule has 0 aliphatic rings. The second-order valence-electron chi connectivity index (χ2n) is 2.94. The van der Waals surface area contributed by atoms with Gasteiger partial charge in [0.2, 0.25) is 0 Å². The van der Waals surface area contributed by atoms with Crippen LogP contribution < -0.4 is 0 Å². The normalized spacial score (nSPS) is 9.53. The second kappa shape index (κ2) is 5.06. The molecule has 0 saturated heterocycles. The van der Waals surface area contributed by atoms with E-state index >= 15 is 0 Å². The van der Waals surface area contributed by atoms with E-state index in [0.717, 1.165) is 14.2 Å². The Morgan fingerprint density at radius 3 is 1.82 bits per heavy atom. The van der Waals surface area contributed by atoms with Crippen molar-refractivity contribution in [2.75, 3.05) is 14.2 Å². The summed E-state index contributed by atoms with van der Waals surface area (Å²) in [6.07, 6.45) is 0. The standard InChI is InChI=1S/C10H9NO6/c1-16-9(12)6-4-3-5-7(10(13)17-2)8(6)11(14)15/h3-5H,1-2H3. The average Bonchev–Trinajstić information content (AvgIpc) is 2.35. The molecule has 0 fully saturated rings. The molecule has 0 radical (unpaired) electrons. The molecule has 90 valence electrons. The number of nitro benzene ring substituents is 1. The lowest BCUT2D eigenvalue weighted by Gasteiger charge is -2.04. The van der Waals surface area contributed by atoms with Crippen molar-refractivity contribution in [2.24, 2.45) is 0 Å². The van der Waals surface area contributed by atoms with E-state index in [4.69, 9.17) is 0 Å². The maximum Gasteiger partial charge on any atom is 0.344 e. The minimum Gasteiger partial charge on any atom is -0.465 e. The van der Waals surface area contributed by atoms with Crippen LogP contribution in [-0.4, -0.2) is 31.1 Å². The van der Waals surface area contributed by atoms with Crippen LogP contribution in [0.15, 0.2) is 18.2 Å². The van der Waals surface area contributed by atoms with Gasteiger partial charge in [-0.3, -0.25) is 10.1 Å². The van der Waals surface area contributed by atoms with Crippen molar-refractivity contribution in [1.29, 1.82) is 0 Å². The van der Waals surface area contributed by atoms with Crippen LogP contribution in [0.2, 0.25) is 0 Å². The molecule has 1 aromatic rings. The number of ether oxygens (including phenoxy) is 2. The largest absolute Gasteiger partial charge is 0.465 e. The zero-order valence-electron chi connectivity index (χ0n) is 9.13. The molecule has 1 aromatic carbocycles. The van der Waals surface area contributed by atoms with Gasteiger partial charge in [0.15, 0.2) is 0 Å². The van der Waals surface area contributed by atoms with Crippen molar-refractivity contribution < 1.29 is 24.0 Å². The van der Waals surface area contributed by atoms with Gasteiger partial charge < -0.3 is 9.47 Å². The van der Waals surface area contributed by atoms with Crippen LogP contribution in [0.25, 0.3) is 0 Å². The van der Waals surface area contributed by atoms with Crippen LogP contribution in [0.1, 0.15) is 20.7 Å². The van der Waals surface area contributed by atoms with Crippen LogP contribution in [0.3, 0.4) is 0 Å². The Labute approximate surface area is 96.1 Å². The average molecular weight is 239 g/mol. The number of hydrogen-bond acceptors (Lipinski definition) is 6. The molecule has 0 heterocycles. The van der Waals surface area contributed by atoms with Crippen molar-refractivity contribution in [3.05, 3.63) is 39.4 Å². The zero-order chi connectivity index (χ0) is 13.0. The van der Waals surface area contributed by atoms with Crippen molar-refractivity contribution in [3.8, 4) is 0 Å². The molecule has 7 heteroatoms. The van der Waals surface area contributed by atoms with Gasteiger partial charge in [-0.2, -0.15) is 0 Å². The highest BCUT2D eigenvalue weighted by Crippen LogP contribution is 2.25. The Balaban J connectivity index is 3.48. The number of para-hydroxylation sites is 1. The smallest absolute Gasteiger partial charge is 0.344 e. The lowest BCUT2D eigenvalue weighted by molar-refractivity contribution is -0.385. The van der Waals surface area contributed by atoms with Crippen molar-refractivity contribution in [3.63, 3.8) is 0 Å². The fraction of sp³-hybridized carbons (Fsp3) is 0.200. The predicted molar refractivity (Wildman–Crippen MR) is 55.8 cm³/mol. The second-order valence-corrected chi connectivity index (χ2v) is 2.94. The molecule has 0 amide bonds. The quantitative estimate of drug-likeness (QED) is 0.446. The molecule has 7 nitrogen and oxygen atoms in total. The highest BCUT2D eigenvalue weighted by Gasteiger charge is 2.28. The highest BCUT2D eigenvalue weighted by atomic mass is 16.6. The van der Waals surface area contributed by atoms with Gasteiger partial charge >= 0.3 is 11.9 Å². The van der Waals surface area contributed by atoms with E-state index in [2.05, 4.69) is 9.47 Å². The van der Waals surface area contributed by atoms with Gasteiger partial charge in [-0.15, -0.1) is 0 Å². The van der Waals surface area contributed by atoms with E-state index < -0.39 is 22.5 Å². The van der Waals surface area contributed by atoms with Gasteiger partial charge in [-0.1, -0.05) is 6.07 Å². The Morgan fingerprint density at radius 2 is 1.53 bits per heavy atom. The summed E-state index contributed by atoms with van der Waals surface area (Å²) in [5.41, 5.74) is -1.20. The van der Waals surface area contributed by atoms with Gasteiger partial charge in [0.1, 0.15) is 11.1 Å². The first kappa shape index (κ1) is 12.6. The first-order chi connectivity index (χ1) is 8.02.